The third-order valence-corrected chi connectivity index (χ3v) is 5.19. The number of nitrogens with one attached hydrogen (secondary N) is 2. The van der Waals surface area contributed by atoms with Crippen LogP contribution in [0.3, 0.4) is 0 Å². The number of carboxylic acid groups (broad SMARTS) is 1. The minimum Gasteiger partial charge on any atom is -0.481 e. The van der Waals surface area contributed by atoms with Crippen LogP contribution in [0.5, 0.6) is 0 Å². The number of carboxylic acids is 1. The molecule has 0 saturated heterocycles. The Hall–Kier alpha value is -3.09. The summed E-state index contributed by atoms with van der Waals surface area (Å²) in [7, 11) is 0. The van der Waals surface area contributed by atoms with Gasteiger partial charge in [0.2, 0.25) is 5.91 Å². The molecule has 236 valence electrons. The van der Waals surface area contributed by atoms with Crippen molar-refractivity contribution in [1.29, 1.82) is 0 Å². The van der Waals surface area contributed by atoms with Crippen molar-refractivity contribution < 1.29 is 52.6 Å². The van der Waals surface area contributed by atoms with Gasteiger partial charge in [0.25, 0.3) is 5.91 Å². The quantitative estimate of drug-likeness (QED) is 0.0913. The molecule has 2 amide bonds. The van der Waals surface area contributed by atoms with Crippen molar-refractivity contribution in [3.05, 3.63) is 35.4 Å². The van der Waals surface area contributed by atoms with E-state index in [1.807, 2.05) is 0 Å². The number of carbonyl (C=O) groups is 3. The van der Waals surface area contributed by atoms with Gasteiger partial charge in [-0.2, -0.15) is 0 Å². The smallest absolute Gasteiger partial charge is 0.305 e. The Morgan fingerprint density at radius 3 is 1.60 bits per heavy atom. The molecule has 1 aromatic carbocycles. The maximum absolute atomic E-state index is 12.1. The van der Waals surface area contributed by atoms with E-state index in [-0.39, 0.29) is 31.3 Å². The second-order valence-electron chi connectivity index (χ2n) is 8.51. The molecule has 0 aliphatic rings. The third-order valence-electron chi connectivity index (χ3n) is 5.19. The molecule has 1 rings (SSSR count). The molecule has 1 aromatic rings. The van der Waals surface area contributed by atoms with Gasteiger partial charge in [-0.3, -0.25) is 14.4 Å². The van der Waals surface area contributed by atoms with Crippen LogP contribution >= 0.6 is 0 Å². The van der Waals surface area contributed by atoms with Gasteiger partial charge in [0, 0.05) is 30.6 Å². The van der Waals surface area contributed by atoms with Crippen LogP contribution in [0.1, 0.15) is 28.8 Å². The minimum atomic E-state index is -0.889. The first-order valence-corrected chi connectivity index (χ1v) is 13.9. The van der Waals surface area contributed by atoms with Gasteiger partial charge < -0.3 is 48.9 Å². The number of hydrogen-bond acceptors (Lipinski definition) is 10. The molecule has 0 saturated carbocycles. The fourth-order valence-electron chi connectivity index (χ4n) is 3.07. The molecule has 0 radical (unpaired) electrons. The number of benzene rings is 1. The van der Waals surface area contributed by atoms with E-state index in [1.54, 1.807) is 24.3 Å². The summed E-state index contributed by atoms with van der Waals surface area (Å²) in [5.41, 5.74) is 1.16. The van der Waals surface area contributed by atoms with Crippen molar-refractivity contribution in [2.45, 2.75) is 12.8 Å². The molecule has 0 aliphatic carbocycles. The van der Waals surface area contributed by atoms with E-state index in [4.69, 9.17) is 44.7 Å². The van der Waals surface area contributed by atoms with E-state index < -0.39 is 5.97 Å². The van der Waals surface area contributed by atoms with Gasteiger partial charge in [-0.15, -0.1) is 6.42 Å². The highest BCUT2D eigenvalue weighted by Crippen LogP contribution is 2.03. The highest BCUT2D eigenvalue weighted by molar-refractivity contribution is 5.94. The Bertz CT molecular complexity index is 908. The predicted octanol–water partition coefficient (Wildman–Crippen LogP) is 0.495. The van der Waals surface area contributed by atoms with E-state index in [9.17, 15) is 14.4 Å². The predicted molar refractivity (Wildman–Crippen MR) is 152 cm³/mol. The van der Waals surface area contributed by atoms with Gasteiger partial charge >= 0.3 is 5.97 Å². The fourth-order valence-corrected chi connectivity index (χ4v) is 3.07. The average molecular weight is 597 g/mol. The number of amides is 2. The van der Waals surface area contributed by atoms with Gasteiger partial charge in [0.05, 0.1) is 98.9 Å². The van der Waals surface area contributed by atoms with Crippen molar-refractivity contribution in [2.24, 2.45) is 0 Å². The summed E-state index contributed by atoms with van der Waals surface area (Å²) in [4.78, 5) is 34.2. The summed E-state index contributed by atoms with van der Waals surface area (Å²) in [5, 5.41) is 14.0. The van der Waals surface area contributed by atoms with Crippen LogP contribution < -0.4 is 10.6 Å². The number of ether oxygens (including phenoxy) is 7. The van der Waals surface area contributed by atoms with Gasteiger partial charge in [0.15, 0.2) is 0 Å². The van der Waals surface area contributed by atoms with E-state index in [2.05, 4.69) is 16.6 Å². The molecule has 0 bridgehead atoms. The average Bonchev–Trinajstić information content (AvgIpc) is 2.99. The van der Waals surface area contributed by atoms with Gasteiger partial charge in [-0.25, -0.2) is 0 Å². The highest BCUT2D eigenvalue weighted by atomic mass is 16.6. The second-order valence-corrected chi connectivity index (χ2v) is 8.51. The van der Waals surface area contributed by atoms with E-state index in [0.29, 0.717) is 110 Å². The monoisotopic (exact) mass is 596 g/mol. The number of terminal acetylenes is 1. The first kappa shape index (κ1) is 36.9. The number of rotatable bonds is 28. The van der Waals surface area contributed by atoms with E-state index >= 15 is 0 Å². The fraction of sp³-hybridized carbons (Fsp3) is 0.621. The van der Waals surface area contributed by atoms with Crippen LogP contribution in [0.4, 0.5) is 0 Å². The molecule has 13 heteroatoms. The van der Waals surface area contributed by atoms with Crippen LogP contribution in [0, 0.1) is 12.3 Å². The summed E-state index contributed by atoms with van der Waals surface area (Å²) >= 11 is 0. The van der Waals surface area contributed by atoms with Crippen LogP contribution in [0.15, 0.2) is 24.3 Å². The summed E-state index contributed by atoms with van der Waals surface area (Å²) in [6, 6.07) is 6.86. The summed E-state index contributed by atoms with van der Waals surface area (Å²) < 4.78 is 37.4. The third kappa shape index (κ3) is 22.6. The van der Waals surface area contributed by atoms with E-state index in [0.717, 1.165) is 0 Å². The molecule has 0 unspecified atom stereocenters. The Kier molecular flexibility index (Phi) is 23.6. The van der Waals surface area contributed by atoms with Gasteiger partial charge in [0.1, 0.15) is 0 Å². The van der Waals surface area contributed by atoms with Crippen LogP contribution in [-0.2, 0) is 42.7 Å². The highest BCUT2D eigenvalue weighted by Gasteiger charge is 2.05. The molecule has 0 atom stereocenters. The Labute approximate surface area is 247 Å². The normalized spacial score (nSPS) is 10.7. The van der Waals surface area contributed by atoms with Crippen molar-refractivity contribution in [1.82, 2.24) is 10.6 Å². The molecule has 0 fully saturated rings. The van der Waals surface area contributed by atoms with Crippen LogP contribution in [0.2, 0.25) is 0 Å². The lowest BCUT2D eigenvalue weighted by Gasteiger charge is -2.09. The zero-order valence-corrected chi connectivity index (χ0v) is 24.1. The SMILES string of the molecule is C#Cc1cccc(C(=O)NCCOCCOCCOCCC(=O)NCCOCCOCCOCCOCCC(=O)O)c1. The molecule has 0 heterocycles. The zero-order valence-electron chi connectivity index (χ0n) is 24.1. The first-order valence-electron chi connectivity index (χ1n) is 13.9. The van der Waals surface area contributed by atoms with E-state index in [1.165, 1.54) is 0 Å². The Balaban J connectivity index is 1.77. The van der Waals surface area contributed by atoms with Gasteiger partial charge in [-0.05, 0) is 18.2 Å². The summed E-state index contributed by atoms with van der Waals surface area (Å²) in [6.07, 6.45) is 5.57. The van der Waals surface area contributed by atoms with Gasteiger partial charge in [-0.1, -0.05) is 12.0 Å². The van der Waals surface area contributed by atoms with Crippen LogP contribution in [0.25, 0.3) is 0 Å². The Morgan fingerprint density at radius 2 is 1.10 bits per heavy atom. The Morgan fingerprint density at radius 1 is 0.643 bits per heavy atom. The molecule has 42 heavy (non-hydrogen) atoms. The topological polar surface area (TPSA) is 160 Å². The number of hydrogen-bond donors (Lipinski definition) is 3. The maximum atomic E-state index is 12.1. The van der Waals surface area contributed by atoms with Crippen molar-refractivity contribution >= 4 is 17.8 Å². The maximum Gasteiger partial charge on any atom is 0.305 e. The second kappa shape index (κ2) is 26.8. The molecule has 0 spiro atoms. The van der Waals surface area contributed by atoms with Crippen LogP contribution in [-0.4, -0.2) is 128 Å². The lowest BCUT2D eigenvalue weighted by atomic mass is 10.1. The zero-order chi connectivity index (χ0) is 30.5. The molecule has 3 N–H and O–H groups in total. The summed E-state index contributed by atoms with van der Waals surface area (Å²) in [5.74, 6) is 1.28. The largest absolute Gasteiger partial charge is 0.481 e. The molecule has 0 aliphatic heterocycles. The number of carbonyl (C=O) groups excluding carboxylic acids is 2. The minimum absolute atomic E-state index is 0.0191. The van der Waals surface area contributed by atoms with Crippen molar-refractivity contribution in [3.63, 3.8) is 0 Å². The molecular weight excluding hydrogens is 552 g/mol. The lowest BCUT2D eigenvalue weighted by molar-refractivity contribution is -0.138. The first-order chi connectivity index (χ1) is 20.5. The molecule has 0 aromatic heterocycles. The standard InChI is InChI=1S/C29H44N2O11/c1-2-25-4-3-5-26(24-25)29(35)31-9-13-39-17-21-40-18-14-36-10-6-27(32)30-8-12-38-16-20-42-23-22-41-19-15-37-11-7-28(33)34/h1,3-5,24H,6-23H2,(H,30,32)(H,31,35)(H,33,34). The number of aliphatic carboxylic acids is 1. The summed E-state index contributed by atoms with van der Waals surface area (Å²) in [6.45, 7) is 5.89. The van der Waals surface area contributed by atoms with Crippen molar-refractivity contribution in [2.75, 3.05) is 106 Å². The molecular formula is C29H44N2O11. The van der Waals surface area contributed by atoms with Crippen molar-refractivity contribution in [3.8, 4) is 12.3 Å². The lowest BCUT2D eigenvalue weighted by Crippen LogP contribution is -2.28. The molecule has 13 nitrogen and oxygen atoms in total.